The molecule has 0 bridgehead atoms. The summed E-state index contributed by atoms with van der Waals surface area (Å²) in [6.45, 7) is 7.28. The minimum Gasteiger partial charge on any atom is -0.369 e. The van der Waals surface area contributed by atoms with Crippen LogP contribution in [0.2, 0.25) is 0 Å². The summed E-state index contributed by atoms with van der Waals surface area (Å²) in [7, 11) is -2.36. The van der Waals surface area contributed by atoms with E-state index in [-0.39, 0.29) is 15.2 Å². The summed E-state index contributed by atoms with van der Waals surface area (Å²) in [6, 6.07) is 7.82. The van der Waals surface area contributed by atoms with Crippen LogP contribution < -0.4 is 10.3 Å². The van der Waals surface area contributed by atoms with Crippen molar-refractivity contribution in [3.8, 4) is 0 Å². The Bertz CT molecular complexity index is 1320. The maximum atomic E-state index is 15.1. The van der Waals surface area contributed by atoms with Crippen molar-refractivity contribution in [1.29, 1.82) is 0 Å². The first kappa shape index (κ1) is 21.6. The number of halogens is 1. The molecule has 2 aromatic carbocycles. The summed E-state index contributed by atoms with van der Waals surface area (Å²) in [5.41, 5.74) is 1.88. The van der Waals surface area contributed by atoms with Gasteiger partial charge in [-0.15, -0.1) is 0 Å². The molecule has 1 saturated heterocycles. The third kappa shape index (κ3) is 3.87. The second-order valence-electron chi connectivity index (χ2n) is 8.77. The summed E-state index contributed by atoms with van der Waals surface area (Å²) < 4.78 is 43.2. The van der Waals surface area contributed by atoms with Crippen LogP contribution in [0.15, 0.2) is 51.1 Å². The molecule has 1 aliphatic heterocycles. The minimum atomic E-state index is -4.05. The van der Waals surface area contributed by atoms with Gasteiger partial charge in [-0.05, 0) is 68.0 Å². The quantitative estimate of drug-likeness (QED) is 0.605. The number of piperidine rings is 1. The Labute approximate surface area is 182 Å². The molecule has 164 valence electrons. The van der Waals surface area contributed by atoms with E-state index in [1.807, 2.05) is 24.8 Å². The fourth-order valence-corrected chi connectivity index (χ4v) is 6.11. The first-order valence-corrected chi connectivity index (χ1v) is 12.0. The van der Waals surface area contributed by atoms with Crippen molar-refractivity contribution in [2.45, 2.75) is 43.4 Å². The van der Waals surface area contributed by atoms with Crippen LogP contribution in [0.4, 0.5) is 10.1 Å². The number of aryl methyl sites for hydroxylation is 3. The number of hydrogen-bond donors (Lipinski definition) is 0. The molecule has 1 atom stereocenters. The summed E-state index contributed by atoms with van der Waals surface area (Å²) in [5.74, 6) is -0.0300. The number of fused-ring (bicyclic) bond motifs is 1. The Kier molecular flexibility index (Phi) is 5.41. The molecule has 0 unspecified atom stereocenters. The SMILES string of the molecule is Cc1cc(C)cc(S(=O)(=O)c2cn(C)c3cc(N4CCC[C@H](C)C4)c(F)cc3c2=O)c1. The van der Waals surface area contributed by atoms with Crippen molar-refractivity contribution in [3.05, 3.63) is 63.7 Å². The Morgan fingerprint density at radius 2 is 1.74 bits per heavy atom. The van der Waals surface area contributed by atoms with Crippen molar-refractivity contribution in [2.24, 2.45) is 13.0 Å². The van der Waals surface area contributed by atoms with Gasteiger partial charge < -0.3 is 9.47 Å². The molecule has 5 nitrogen and oxygen atoms in total. The highest BCUT2D eigenvalue weighted by Gasteiger charge is 2.26. The minimum absolute atomic E-state index is 0.0688. The van der Waals surface area contributed by atoms with E-state index in [9.17, 15) is 13.2 Å². The van der Waals surface area contributed by atoms with Gasteiger partial charge in [-0.2, -0.15) is 0 Å². The summed E-state index contributed by atoms with van der Waals surface area (Å²) in [4.78, 5) is 14.9. The molecule has 0 aliphatic carbocycles. The van der Waals surface area contributed by atoms with Crippen molar-refractivity contribution in [2.75, 3.05) is 18.0 Å². The van der Waals surface area contributed by atoms with Crippen LogP contribution in [0.3, 0.4) is 0 Å². The number of sulfone groups is 1. The highest BCUT2D eigenvalue weighted by Crippen LogP contribution is 2.30. The van der Waals surface area contributed by atoms with Crippen LogP contribution in [-0.2, 0) is 16.9 Å². The molecule has 0 N–H and O–H groups in total. The van der Waals surface area contributed by atoms with Crippen molar-refractivity contribution in [1.82, 2.24) is 4.57 Å². The molecule has 31 heavy (non-hydrogen) atoms. The zero-order valence-corrected chi connectivity index (χ0v) is 19.1. The zero-order chi connectivity index (χ0) is 22.5. The van der Waals surface area contributed by atoms with E-state index in [0.717, 1.165) is 37.1 Å². The van der Waals surface area contributed by atoms with E-state index in [1.165, 1.54) is 12.3 Å². The first-order valence-electron chi connectivity index (χ1n) is 10.5. The molecule has 1 aromatic heterocycles. The third-order valence-corrected chi connectivity index (χ3v) is 7.74. The standard InChI is InChI=1S/C24H27FN2O3S/c1-15-6-5-7-27(13-15)22-12-21-19(11-20(22)25)24(28)23(14-26(21)4)31(29,30)18-9-16(2)8-17(3)10-18/h8-12,14-15H,5-7,13H2,1-4H3/t15-/m0/s1. The lowest BCUT2D eigenvalue weighted by molar-refractivity contribution is 0.442. The van der Waals surface area contributed by atoms with Gasteiger partial charge in [0.2, 0.25) is 15.3 Å². The molecule has 1 aliphatic rings. The fraction of sp³-hybridized carbons (Fsp3) is 0.375. The lowest BCUT2D eigenvalue weighted by atomic mass is 9.99. The summed E-state index contributed by atoms with van der Waals surface area (Å²) >= 11 is 0. The van der Waals surface area contributed by atoms with Crippen molar-refractivity contribution >= 4 is 26.4 Å². The van der Waals surface area contributed by atoms with Gasteiger partial charge in [0.15, 0.2) is 0 Å². The predicted molar refractivity (Wildman–Crippen MR) is 121 cm³/mol. The van der Waals surface area contributed by atoms with Gasteiger partial charge in [-0.3, -0.25) is 4.79 Å². The number of benzene rings is 2. The molecule has 0 saturated carbocycles. The van der Waals surface area contributed by atoms with Crippen LogP contribution in [0.1, 0.15) is 30.9 Å². The van der Waals surface area contributed by atoms with Gasteiger partial charge in [-0.1, -0.05) is 13.0 Å². The van der Waals surface area contributed by atoms with Gasteiger partial charge >= 0.3 is 0 Å². The van der Waals surface area contributed by atoms with Crippen LogP contribution in [0.5, 0.6) is 0 Å². The summed E-state index contributed by atoms with van der Waals surface area (Å²) in [6.07, 6.45) is 3.45. The molecule has 2 heterocycles. The highest BCUT2D eigenvalue weighted by molar-refractivity contribution is 7.91. The van der Waals surface area contributed by atoms with E-state index in [0.29, 0.717) is 17.1 Å². The third-order valence-electron chi connectivity index (χ3n) is 6.02. The number of rotatable bonds is 3. The monoisotopic (exact) mass is 442 g/mol. The number of aromatic nitrogens is 1. The van der Waals surface area contributed by atoms with Gasteiger partial charge in [0.05, 0.1) is 21.5 Å². The van der Waals surface area contributed by atoms with Crippen LogP contribution >= 0.6 is 0 Å². The van der Waals surface area contributed by atoms with Gasteiger partial charge in [0.1, 0.15) is 10.7 Å². The van der Waals surface area contributed by atoms with Crippen LogP contribution in [0, 0.1) is 25.6 Å². The second-order valence-corrected chi connectivity index (χ2v) is 10.7. The molecule has 1 fully saturated rings. The smallest absolute Gasteiger partial charge is 0.211 e. The molecule has 0 spiro atoms. The molecule has 0 radical (unpaired) electrons. The van der Waals surface area contributed by atoms with Crippen LogP contribution in [-0.4, -0.2) is 26.1 Å². The maximum absolute atomic E-state index is 15.1. The Morgan fingerprint density at radius 3 is 2.39 bits per heavy atom. The van der Waals surface area contributed by atoms with Gasteiger partial charge in [0.25, 0.3) is 0 Å². The highest BCUT2D eigenvalue weighted by atomic mass is 32.2. The van der Waals surface area contributed by atoms with E-state index < -0.39 is 21.1 Å². The van der Waals surface area contributed by atoms with E-state index in [1.54, 1.807) is 29.8 Å². The Balaban J connectivity index is 1.89. The number of pyridine rings is 1. The summed E-state index contributed by atoms with van der Waals surface area (Å²) in [5, 5.41) is 0.0688. The largest absolute Gasteiger partial charge is 0.369 e. The average molecular weight is 443 g/mol. The molecular weight excluding hydrogens is 415 g/mol. The van der Waals surface area contributed by atoms with Crippen molar-refractivity contribution < 1.29 is 12.8 Å². The van der Waals surface area contributed by atoms with Gasteiger partial charge in [0, 0.05) is 26.3 Å². The first-order chi connectivity index (χ1) is 14.6. The molecule has 3 aromatic rings. The normalized spacial score (nSPS) is 17.3. The average Bonchev–Trinajstić information content (AvgIpc) is 2.69. The molecule has 7 heteroatoms. The van der Waals surface area contributed by atoms with Crippen LogP contribution in [0.25, 0.3) is 10.9 Å². The molecule has 4 rings (SSSR count). The van der Waals surface area contributed by atoms with Gasteiger partial charge in [-0.25, -0.2) is 12.8 Å². The number of anilines is 1. The van der Waals surface area contributed by atoms with E-state index in [4.69, 9.17) is 0 Å². The Hall–Kier alpha value is -2.67. The molecule has 0 amide bonds. The van der Waals surface area contributed by atoms with Crippen molar-refractivity contribution in [3.63, 3.8) is 0 Å². The number of nitrogens with zero attached hydrogens (tertiary/aromatic N) is 2. The maximum Gasteiger partial charge on any atom is 0.211 e. The topological polar surface area (TPSA) is 59.4 Å². The number of hydrogen-bond acceptors (Lipinski definition) is 4. The fourth-order valence-electron chi connectivity index (χ4n) is 4.52. The lowest BCUT2D eigenvalue weighted by Crippen LogP contribution is -2.35. The Morgan fingerprint density at radius 1 is 1.06 bits per heavy atom. The predicted octanol–water partition coefficient (Wildman–Crippen LogP) is 4.36. The van der Waals surface area contributed by atoms with E-state index in [2.05, 4.69) is 6.92 Å². The second kappa shape index (κ2) is 7.79. The lowest BCUT2D eigenvalue weighted by Gasteiger charge is -2.33. The zero-order valence-electron chi connectivity index (χ0n) is 18.3. The molecular formula is C24H27FN2O3S. The van der Waals surface area contributed by atoms with E-state index >= 15 is 4.39 Å².